The summed E-state index contributed by atoms with van der Waals surface area (Å²) in [5.41, 5.74) is 0. The molecule has 0 aromatic heterocycles. The van der Waals surface area contributed by atoms with Crippen molar-refractivity contribution in [3.05, 3.63) is 0 Å². The molecule has 15 heavy (non-hydrogen) atoms. The summed E-state index contributed by atoms with van der Waals surface area (Å²) in [4.78, 5) is 22.1. The third kappa shape index (κ3) is 3.87. The van der Waals surface area contributed by atoms with Crippen LogP contribution in [0.2, 0.25) is 0 Å². The molecule has 0 aromatic carbocycles. The molecule has 0 aromatic rings. The van der Waals surface area contributed by atoms with Gasteiger partial charge in [0.2, 0.25) is 5.91 Å². The van der Waals surface area contributed by atoms with E-state index in [1.165, 1.54) is 0 Å². The Morgan fingerprint density at radius 2 is 2.33 bits per heavy atom. The number of nitrogens with one attached hydrogen (secondary N) is 2. The molecule has 1 aliphatic rings. The third-order valence-electron chi connectivity index (χ3n) is 2.67. The van der Waals surface area contributed by atoms with E-state index in [2.05, 4.69) is 10.6 Å². The van der Waals surface area contributed by atoms with Crippen LogP contribution in [0.4, 0.5) is 0 Å². The summed E-state index contributed by atoms with van der Waals surface area (Å²) >= 11 is 0. The second-order valence-electron chi connectivity index (χ2n) is 4.03. The van der Waals surface area contributed by atoms with Crippen molar-refractivity contribution in [2.45, 2.75) is 19.8 Å². The Balaban J connectivity index is 2.25. The van der Waals surface area contributed by atoms with Gasteiger partial charge in [0, 0.05) is 13.1 Å². The van der Waals surface area contributed by atoms with Gasteiger partial charge in [0.25, 0.3) is 0 Å². The zero-order valence-corrected chi connectivity index (χ0v) is 8.95. The molecule has 5 nitrogen and oxygen atoms in total. The number of hydrogen-bond donors (Lipinski definition) is 3. The van der Waals surface area contributed by atoms with Crippen molar-refractivity contribution < 1.29 is 14.7 Å². The van der Waals surface area contributed by atoms with E-state index in [0.717, 1.165) is 19.4 Å². The van der Waals surface area contributed by atoms with Crippen LogP contribution in [0.15, 0.2) is 0 Å². The van der Waals surface area contributed by atoms with E-state index in [4.69, 9.17) is 5.11 Å². The second kappa shape index (κ2) is 5.70. The van der Waals surface area contributed by atoms with Gasteiger partial charge in [-0.25, -0.2) is 0 Å². The van der Waals surface area contributed by atoms with Gasteiger partial charge in [0.05, 0.1) is 11.8 Å². The van der Waals surface area contributed by atoms with Crippen molar-refractivity contribution in [2.24, 2.45) is 11.8 Å². The van der Waals surface area contributed by atoms with E-state index in [9.17, 15) is 9.59 Å². The van der Waals surface area contributed by atoms with Crippen LogP contribution in [0.5, 0.6) is 0 Å². The van der Waals surface area contributed by atoms with E-state index >= 15 is 0 Å². The van der Waals surface area contributed by atoms with Gasteiger partial charge in [0.15, 0.2) is 0 Å². The van der Waals surface area contributed by atoms with Crippen molar-refractivity contribution >= 4 is 11.9 Å². The maximum absolute atomic E-state index is 11.6. The molecule has 3 N–H and O–H groups in total. The fourth-order valence-electron chi connectivity index (χ4n) is 1.56. The maximum atomic E-state index is 11.6. The summed E-state index contributed by atoms with van der Waals surface area (Å²) < 4.78 is 0. The van der Waals surface area contributed by atoms with Gasteiger partial charge < -0.3 is 15.7 Å². The smallest absolute Gasteiger partial charge is 0.308 e. The predicted octanol–water partition coefficient (Wildman–Crippen LogP) is -0.177. The zero-order valence-electron chi connectivity index (χ0n) is 8.95. The van der Waals surface area contributed by atoms with Gasteiger partial charge in [-0.3, -0.25) is 9.59 Å². The lowest BCUT2D eigenvalue weighted by molar-refractivity contribution is -0.141. The van der Waals surface area contributed by atoms with Crippen molar-refractivity contribution in [1.29, 1.82) is 0 Å². The topological polar surface area (TPSA) is 78.4 Å². The average Bonchev–Trinajstić information content (AvgIpc) is 2.26. The lowest BCUT2D eigenvalue weighted by atomic mass is 9.98. The molecule has 1 rings (SSSR count). The number of carboxylic acids is 1. The van der Waals surface area contributed by atoms with Crippen molar-refractivity contribution in [3.8, 4) is 0 Å². The second-order valence-corrected chi connectivity index (χ2v) is 4.03. The number of rotatable bonds is 4. The number of carboxylic acid groups (broad SMARTS) is 1. The lowest BCUT2D eigenvalue weighted by Gasteiger charge is -2.22. The molecule has 1 saturated heterocycles. The number of piperidine rings is 1. The van der Waals surface area contributed by atoms with E-state index in [1.807, 2.05) is 0 Å². The molecule has 1 fully saturated rings. The number of amides is 1. The van der Waals surface area contributed by atoms with Crippen LogP contribution in [0.25, 0.3) is 0 Å². The minimum absolute atomic E-state index is 0.000236. The standard InChI is InChI=1S/C10H18N2O3/c1-7(10(14)15)5-12-9(13)8-3-2-4-11-6-8/h7-8,11H,2-6H2,1H3,(H,12,13)(H,14,15). The highest BCUT2D eigenvalue weighted by Gasteiger charge is 2.21. The Bertz CT molecular complexity index is 237. The van der Waals surface area contributed by atoms with Crippen LogP contribution in [-0.2, 0) is 9.59 Å². The van der Waals surface area contributed by atoms with Gasteiger partial charge in [-0.15, -0.1) is 0 Å². The Labute approximate surface area is 89.2 Å². The highest BCUT2D eigenvalue weighted by Crippen LogP contribution is 2.09. The molecule has 0 spiro atoms. The minimum atomic E-state index is -0.878. The Hall–Kier alpha value is -1.10. The summed E-state index contributed by atoms with van der Waals surface area (Å²) in [5, 5.41) is 14.5. The lowest BCUT2D eigenvalue weighted by Crippen LogP contribution is -2.42. The SMILES string of the molecule is CC(CNC(=O)C1CCCNC1)C(=O)O. The summed E-state index contributed by atoms with van der Waals surface area (Å²) in [6.45, 7) is 3.47. The molecule has 0 bridgehead atoms. The Morgan fingerprint density at radius 3 is 2.87 bits per heavy atom. The number of hydrogen-bond acceptors (Lipinski definition) is 3. The van der Waals surface area contributed by atoms with Gasteiger partial charge in [-0.2, -0.15) is 0 Å². The molecule has 2 atom stereocenters. The van der Waals surface area contributed by atoms with E-state index in [1.54, 1.807) is 6.92 Å². The molecule has 5 heteroatoms. The fourth-order valence-corrected chi connectivity index (χ4v) is 1.56. The first-order chi connectivity index (χ1) is 7.11. The van der Waals surface area contributed by atoms with Crippen LogP contribution >= 0.6 is 0 Å². The molecule has 0 saturated carbocycles. The average molecular weight is 214 g/mol. The van der Waals surface area contributed by atoms with Crippen LogP contribution in [0.1, 0.15) is 19.8 Å². The molecular weight excluding hydrogens is 196 g/mol. The minimum Gasteiger partial charge on any atom is -0.481 e. The van der Waals surface area contributed by atoms with Crippen molar-refractivity contribution in [3.63, 3.8) is 0 Å². The van der Waals surface area contributed by atoms with E-state index in [-0.39, 0.29) is 18.4 Å². The maximum Gasteiger partial charge on any atom is 0.308 e. The summed E-state index contributed by atoms with van der Waals surface area (Å²) in [6.07, 6.45) is 1.90. The molecule has 1 heterocycles. The molecule has 2 unspecified atom stereocenters. The van der Waals surface area contributed by atoms with E-state index in [0.29, 0.717) is 6.54 Å². The van der Waals surface area contributed by atoms with Gasteiger partial charge in [0.1, 0.15) is 0 Å². The molecule has 1 aliphatic heterocycles. The van der Waals surface area contributed by atoms with Crippen LogP contribution in [0, 0.1) is 11.8 Å². The molecule has 0 aliphatic carbocycles. The third-order valence-corrected chi connectivity index (χ3v) is 2.67. The molecule has 86 valence electrons. The molecule has 0 radical (unpaired) electrons. The summed E-state index contributed by atoms with van der Waals surface area (Å²) in [6, 6.07) is 0. The van der Waals surface area contributed by atoms with Gasteiger partial charge >= 0.3 is 5.97 Å². The predicted molar refractivity (Wildman–Crippen MR) is 55.4 cm³/mol. The zero-order chi connectivity index (χ0) is 11.3. The largest absolute Gasteiger partial charge is 0.481 e. The summed E-state index contributed by atoms with van der Waals surface area (Å²) in [5.74, 6) is -1.43. The van der Waals surface area contributed by atoms with Crippen LogP contribution in [-0.4, -0.2) is 36.6 Å². The number of carbonyl (C=O) groups is 2. The quantitative estimate of drug-likeness (QED) is 0.607. The van der Waals surface area contributed by atoms with Crippen molar-refractivity contribution in [1.82, 2.24) is 10.6 Å². The number of carbonyl (C=O) groups excluding carboxylic acids is 1. The monoisotopic (exact) mass is 214 g/mol. The Morgan fingerprint density at radius 1 is 1.60 bits per heavy atom. The van der Waals surface area contributed by atoms with Crippen LogP contribution < -0.4 is 10.6 Å². The first kappa shape index (κ1) is 12.0. The van der Waals surface area contributed by atoms with Crippen molar-refractivity contribution in [2.75, 3.05) is 19.6 Å². The normalized spacial score (nSPS) is 23.1. The highest BCUT2D eigenvalue weighted by atomic mass is 16.4. The summed E-state index contributed by atoms with van der Waals surface area (Å²) in [7, 11) is 0. The Kier molecular flexibility index (Phi) is 4.55. The van der Waals surface area contributed by atoms with Gasteiger partial charge in [-0.05, 0) is 19.4 Å². The first-order valence-corrected chi connectivity index (χ1v) is 5.32. The number of aliphatic carboxylic acids is 1. The van der Waals surface area contributed by atoms with Gasteiger partial charge in [-0.1, -0.05) is 6.92 Å². The molecular formula is C10H18N2O3. The first-order valence-electron chi connectivity index (χ1n) is 5.32. The van der Waals surface area contributed by atoms with E-state index < -0.39 is 11.9 Å². The fraction of sp³-hybridized carbons (Fsp3) is 0.800. The highest BCUT2D eigenvalue weighted by molar-refractivity contribution is 5.79. The molecule has 1 amide bonds. The van der Waals surface area contributed by atoms with Crippen LogP contribution in [0.3, 0.4) is 0 Å².